The summed E-state index contributed by atoms with van der Waals surface area (Å²) >= 11 is 6.31. The molecule has 26 heavy (non-hydrogen) atoms. The van der Waals surface area contributed by atoms with E-state index in [0.717, 1.165) is 12.8 Å². The summed E-state index contributed by atoms with van der Waals surface area (Å²) in [5.41, 5.74) is 1.51. The lowest BCUT2D eigenvalue weighted by Crippen LogP contribution is -2.11. The molecule has 1 heterocycles. The number of carbonyl (C=O) groups excluding carboxylic acids is 1. The molecule has 0 spiro atoms. The van der Waals surface area contributed by atoms with E-state index >= 15 is 0 Å². The van der Waals surface area contributed by atoms with E-state index in [2.05, 4.69) is 22.1 Å². The molecule has 0 bridgehead atoms. The number of para-hydroxylation sites is 2. The fourth-order valence-electron chi connectivity index (χ4n) is 2.31. The van der Waals surface area contributed by atoms with Crippen molar-refractivity contribution in [2.45, 2.75) is 39.8 Å². The Morgan fingerprint density at radius 1 is 1.42 bits per heavy atom. The first kappa shape index (κ1) is 19.9. The number of hydrogen-bond donors (Lipinski definition) is 1. The van der Waals surface area contributed by atoms with Crippen molar-refractivity contribution in [1.82, 2.24) is 9.78 Å². The molecule has 0 atom stereocenters. The maximum atomic E-state index is 12.4. The number of amides is 1. The number of alkyl halides is 2. The molecule has 0 radical (unpaired) electrons. The number of halogens is 3. The lowest BCUT2D eigenvalue weighted by atomic mass is 10.2. The summed E-state index contributed by atoms with van der Waals surface area (Å²) in [6, 6.07) is 5.97. The van der Waals surface area contributed by atoms with Crippen LogP contribution in [-0.4, -0.2) is 22.3 Å². The Morgan fingerprint density at radius 2 is 2.15 bits per heavy atom. The Hall–Kier alpha value is -2.41. The SMILES string of the molecule is CCCCn1nc(C)c(/C=C/C(=O)Nc2ccccc2OC(F)F)c1Cl. The smallest absolute Gasteiger partial charge is 0.387 e. The highest BCUT2D eigenvalue weighted by Gasteiger charge is 2.12. The molecule has 0 unspecified atom stereocenters. The van der Waals surface area contributed by atoms with Crippen molar-refractivity contribution in [2.24, 2.45) is 0 Å². The lowest BCUT2D eigenvalue weighted by Gasteiger charge is -2.10. The van der Waals surface area contributed by atoms with Crippen molar-refractivity contribution < 1.29 is 18.3 Å². The Morgan fingerprint density at radius 3 is 2.85 bits per heavy atom. The van der Waals surface area contributed by atoms with E-state index in [4.69, 9.17) is 11.6 Å². The summed E-state index contributed by atoms with van der Waals surface area (Å²) in [4.78, 5) is 12.1. The number of nitrogens with one attached hydrogen (secondary N) is 1. The van der Waals surface area contributed by atoms with E-state index in [1.165, 1.54) is 24.3 Å². The maximum absolute atomic E-state index is 12.4. The monoisotopic (exact) mass is 383 g/mol. The third-order valence-corrected chi connectivity index (χ3v) is 3.99. The van der Waals surface area contributed by atoms with Gasteiger partial charge in [-0.2, -0.15) is 13.9 Å². The van der Waals surface area contributed by atoms with Gasteiger partial charge >= 0.3 is 6.61 Å². The molecule has 2 rings (SSSR count). The first-order valence-corrected chi connectivity index (χ1v) is 8.56. The molecule has 0 aliphatic heterocycles. The van der Waals surface area contributed by atoms with E-state index in [0.29, 0.717) is 23.0 Å². The summed E-state index contributed by atoms with van der Waals surface area (Å²) in [5, 5.41) is 7.33. The van der Waals surface area contributed by atoms with Gasteiger partial charge in [0.05, 0.1) is 11.4 Å². The molecule has 0 saturated carbocycles. The molecule has 1 aromatic heterocycles. The highest BCUT2D eigenvalue weighted by atomic mass is 35.5. The highest BCUT2D eigenvalue weighted by molar-refractivity contribution is 6.31. The molecule has 1 amide bonds. The molecule has 0 aliphatic carbocycles. The topological polar surface area (TPSA) is 56.2 Å². The number of rotatable bonds is 8. The van der Waals surface area contributed by atoms with Gasteiger partial charge in [-0.1, -0.05) is 37.1 Å². The van der Waals surface area contributed by atoms with Crippen LogP contribution in [0.4, 0.5) is 14.5 Å². The molecule has 5 nitrogen and oxygen atoms in total. The predicted octanol–water partition coefficient (Wildman–Crippen LogP) is 4.90. The first-order valence-electron chi connectivity index (χ1n) is 8.18. The summed E-state index contributed by atoms with van der Waals surface area (Å²) in [7, 11) is 0. The molecule has 0 fully saturated rings. The summed E-state index contributed by atoms with van der Waals surface area (Å²) in [5.74, 6) is -0.599. The van der Waals surface area contributed by atoms with Crippen molar-refractivity contribution >= 4 is 29.3 Å². The van der Waals surface area contributed by atoms with Crippen LogP contribution >= 0.6 is 11.6 Å². The largest absolute Gasteiger partial charge is 0.433 e. The Bertz CT molecular complexity index is 791. The number of unbranched alkanes of at least 4 members (excludes halogenated alkanes) is 1. The Balaban J connectivity index is 2.10. The molecule has 2 aromatic rings. The van der Waals surface area contributed by atoms with Crippen LogP contribution in [0.25, 0.3) is 6.08 Å². The van der Waals surface area contributed by atoms with Gasteiger partial charge in [-0.15, -0.1) is 0 Å². The van der Waals surface area contributed by atoms with Crippen LogP contribution in [0.5, 0.6) is 5.75 Å². The average Bonchev–Trinajstić information content (AvgIpc) is 2.86. The highest BCUT2D eigenvalue weighted by Crippen LogP contribution is 2.26. The van der Waals surface area contributed by atoms with Crippen LogP contribution in [0.3, 0.4) is 0 Å². The zero-order chi connectivity index (χ0) is 19.1. The van der Waals surface area contributed by atoms with Crippen molar-refractivity contribution in [3.05, 3.63) is 46.8 Å². The number of aryl methyl sites for hydroxylation is 2. The van der Waals surface area contributed by atoms with E-state index in [-0.39, 0.29) is 11.4 Å². The van der Waals surface area contributed by atoms with Gasteiger partial charge in [0.15, 0.2) is 0 Å². The van der Waals surface area contributed by atoms with E-state index in [1.54, 1.807) is 23.7 Å². The minimum absolute atomic E-state index is 0.106. The van der Waals surface area contributed by atoms with E-state index < -0.39 is 12.5 Å². The molecule has 1 aromatic carbocycles. The van der Waals surface area contributed by atoms with Crippen molar-refractivity contribution in [3.8, 4) is 5.75 Å². The number of aromatic nitrogens is 2. The number of benzene rings is 1. The first-order chi connectivity index (χ1) is 12.4. The van der Waals surface area contributed by atoms with Crippen LogP contribution in [0, 0.1) is 6.92 Å². The van der Waals surface area contributed by atoms with Gasteiger partial charge in [-0.05, 0) is 31.6 Å². The third kappa shape index (κ3) is 5.29. The number of hydrogen-bond acceptors (Lipinski definition) is 3. The standard InChI is InChI=1S/C18H20ClF2N3O2/c1-3-4-11-24-17(19)13(12(2)23-24)9-10-16(25)22-14-7-5-6-8-15(14)26-18(20)21/h5-10,18H,3-4,11H2,1-2H3,(H,22,25)/b10-9+. The van der Waals surface area contributed by atoms with Gasteiger partial charge < -0.3 is 10.1 Å². The zero-order valence-electron chi connectivity index (χ0n) is 14.5. The van der Waals surface area contributed by atoms with Gasteiger partial charge in [-0.25, -0.2) is 0 Å². The lowest BCUT2D eigenvalue weighted by molar-refractivity contribution is -0.111. The van der Waals surface area contributed by atoms with Crippen LogP contribution in [0.15, 0.2) is 30.3 Å². The summed E-state index contributed by atoms with van der Waals surface area (Å²) in [6.07, 6.45) is 4.80. The average molecular weight is 384 g/mol. The van der Waals surface area contributed by atoms with Gasteiger partial charge in [0.2, 0.25) is 5.91 Å². The zero-order valence-corrected chi connectivity index (χ0v) is 15.3. The fourth-order valence-corrected chi connectivity index (χ4v) is 2.64. The second kappa shape index (κ2) is 9.33. The Kier molecular flexibility index (Phi) is 7.15. The molecular formula is C18H20ClF2N3O2. The maximum Gasteiger partial charge on any atom is 0.387 e. The van der Waals surface area contributed by atoms with Crippen molar-refractivity contribution in [3.63, 3.8) is 0 Å². The quantitative estimate of drug-likeness (QED) is 0.660. The molecule has 8 heteroatoms. The normalized spacial score (nSPS) is 11.3. The Labute approximate surface area is 155 Å². The van der Waals surface area contributed by atoms with Crippen molar-refractivity contribution in [1.29, 1.82) is 0 Å². The second-order valence-corrected chi connectivity index (χ2v) is 5.92. The number of carbonyl (C=O) groups is 1. The van der Waals surface area contributed by atoms with Gasteiger partial charge in [0.25, 0.3) is 0 Å². The van der Waals surface area contributed by atoms with Crippen molar-refractivity contribution in [2.75, 3.05) is 5.32 Å². The predicted molar refractivity (Wildman–Crippen MR) is 97.6 cm³/mol. The van der Waals surface area contributed by atoms with Crippen LogP contribution < -0.4 is 10.1 Å². The van der Waals surface area contributed by atoms with Gasteiger partial charge in [-0.3, -0.25) is 9.48 Å². The minimum Gasteiger partial charge on any atom is -0.433 e. The third-order valence-electron chi connectivity index (χ3n) is 3.60. The number of anilines is 1. The molecular weight excluding hydrogens is 364 g/mol. The van der Waals surface area contributed by atoms with Crippen LogP contribution in [0.2, 0.25) is 5.15 Å². The second-order valence-electron chi connectivity index (χ2n) is 5.56. The molecule has 1 N–H and O–H groups in total. The number of nitrogens with zero attached hydrogens (tertiary/aromatic N) is 2. The van der Waals surface area contributed by atoms with Crippen LogP contribution in [0.1, 0.15) is 31.0 Å². The summed E-state index contributed by atoms with van der Waals surface area (Å²) in [6.45, 7) is 1.61. The summed E-state index contributed by atoms with van der Waals surface area (Å²) < 4.78 is 30.9. The van der Waals surface area contributed by atoms with Gasteiger partial charge in [0, 0.05) is 18.2 Å². The number of ether oxygens (including phenoxy) is 1. The van der Waals surface area contributed by atoms with E-state index in [9.17, 15) is 13.6 Å². The van der Waals surface area contributed by atoms with Crippen LogP contribution in [-0.2, 0) is 11.3 Å². The molecule has 140 valence electrons. The molecule has 0 aliphatic rings. The fraction of sp³-hybridized carbons (Fsp3) is 0.333. The van der Waals surface area contributed by atoms with E-state index in [1.807, 2.05) is 0 Å². The van der Waals surface area contributed by atoms with Gasteiger partial charge in [0.1, 0.15) is 10.9 Å². The minimum atomic E-state index is -2.97. The molecule has 0 saturated heterocycles.